The van der Waals surface area contributed by atoms with E-state index in [1.807, 2.05) is 18.2 Å². The molecule has 0 aromatic heterocycles. The van der Waals surface area contributed by atoms with Gasteiger partial charge in [-0.05, 0) is 60.1 Å². The second kappa shape index (κ2) is 6.76. The van der Waals surface area contributed by atoms with Gasteiger partial charge in [0.25, 0.3) is 0 Å². The number of nitriles is 1. The van der Waals surface area contributed by atoms with Crippen molar-refractivity contribution < 1.29 is 14.6 Å². The molecule has 1 atom stereocenters. The third-order valence-electron chi connectivity index (χ3n) is 4.50. The summed E-state index contributed by atoms with van der Waals surface area (Å²) < 4.78 is 5.12. The minimum Gasteiger partial charge on any atom is -0.507 e. The van der Waals surface area contributed by atoms with Crippen LogP contribution in [-0.2, 0) is 22.4 Å². The second-order valence-electron chi connectivity index (χ2n) is 6.04. The van der Waals surface area contributed by atoms with E-state index in [0.29, 0.717) is 25.9 Å². The van der Waals surface area contributed by atoms with E-state index in [-0.39, 0.29) is 23.2 Å². The molecule has 0 radical (unpaired) electrons. The Balaban J connectivity index is 2.04. The van der Waals surface area contributed by atoms with Gasteiger partial charge in [-0.1, -0.05) is 24.3 Å². The molecule has 1 N–H and O–H groups in total. The van der Waals surface area contributed by atoms with Crippen LogP contribution in [0.25, 0.3) is 0 Å². The standard InChI is InChI=1S/C20H19NO3/c1-2-24-20(23)11-16-8-14-9-17(12-21)19(22)10-15(14)7-13-5-3-4-6-18(13)16/h3-6,9-10,16,22H,2,7-8,11H2,1H3/t16-/m1/s1. The summed E-state index contributed by atoms with van der Waals surface area (Å²) in [5.74, 6) is -0.185. The van der Waals surface area contributed by atoms with Gasteiger partial charge in [0, 0.05) is 0 Å². The van der Waals surface area contributed by atoms with E-state index >= 15 is 0 Å². The Labute approximate surface area is 141 Å². The highest BCUT2D eigenvalue weighted by Crippen LogP contribution is 2.36. The van der Waals surface area contributed by atoms with Crippen molar-refractivity contribution >= 4 is 5.97 Å². The molecular formula is C20H19NO3. The normalized spacial score (nSPS) is 15.6. The minimum absolute atomic E-state index is 0.0116. The predicted octanol–water partition coefficient (Wildman–Crippen LogP) is 3.45. The smallest absolute Gasteiger partial charge is 0.306 e. The number of esters is 1. The van der Waals surface area contributed by atoms with Crippen LogP contribution in [0.2, 0.25) is 0 Å². The fourth-order valence-electron chi connectivity index (χ4n) is 3.40. The minimum atomic E-state index is -0.208. The quantitative estimate of drug-likeness (QED) is 0.879. The molecule has 0 unspecified atom stereocenters. The fraction of sp³-hybridized carbons (Fsp3) is 0.300. The molecule has 1 aliphatic rings. The van der Waals surface area contributed by atoms with Crippen LogP contribution in [0.4, 0.5) is 0 Å². The number of carbonyl (C=O) groups is 1. The number of phenolic OH excluding ortho intramolecular Hbond substituents is 1. The van der Waals surface area contributed by atoms with Crippen molar-refractivity contribution in [1.29, 1.82) is 5.26 Å². The van der Waals surface area contributed by atoms with Crippen LogP contribution in [0.15, 0.2) is 36.4 Å². The molecule has 4 heteroatoms. The highest BCUT2D eigenvalue weighted by atomic mass is 16.5. The summed E-state index contributed by atoms with van der Waals surface area (Å²) in [7, 11) is 0. The summed E-state index contributed by atoms with van der Waals surface area (Å²) in [5, 5.41) is 19.2. The summed E-state index contributed by atoms with van der Waals surface area (Å²) in [6.07, 6.45) is 1.65. The zero-order valence-electron chi connectivity index (χ0n) is 13.6. The lowest BCUT2D eigenvalue weighted by Gasteiger charge is -2.17. The first-order chi connectivity index (χ1) is 11.6. The van der Waals surface area contributed by atoms with Gasteiger partial charge in [-0.2, -0.15) is 5.26 Å². The van der Waals surface area contributed by atoms with Gasteiger partial charge >= 0.3 is 5.97 Å². The summed E-state index contributed by atoms with van der Waals surface area (Å²) in [5.41, 5.74) is 4.57. The van der Waals surface area contributed by atoms with Crippen LogP contribution >= 0.6 is 0 Å². The van der Waals surface area contributed by atoms with Crippen molar-refractivity contribution in [2.45, 2.75) is 32.1 Å². The van der Waals surface area contributed by atoms with E-state index in [9.17, 15) is 9.90 Å². The summed E-state index contributed by atoms with van der Waals surface area (Å²) in [6, 6.07) is 13.5. The van der Waals surface area contributed by atoms with Crippen molar-refractivity contribution in [2.24, 2.45) is 0 Å². The van der Waals surface area contributed by atoms with E-state index in [1.165, 1.54) is 0 Å². The molecule has 0 amide bonds. The molecule has 0 heterocycles. The Kier molecular flexibility index (Phi) is 4.52. The van der Waals surface area contributed by atoms with E-state index < -0.39 is 0 Å². The SMILES string of the molecule is CCOC(=O)C[C@H]1Cc2cc(C#N)c(O)cc2Cc2ccccc21. The number of benzene rings is 2. The number of hydrogen-bond donors (Lipinski definition) is 1. The molecule has 0 fully saturated rings. The predicted molar refractivity (Wildman–Crippen MR) is 89.8 cm³/mol. The summed E-state index contributed by atoms with van der Waals surface area (Å²) >= 11 is 0. The Morgan fingerprint density at radius 3 is 2.83 bits per heavy atom. The molecule has 3 rings (SSSR count). The first-order valence-electron chi connectivity index (χ1n) is 8.10. The maximum absolute atomic E-state index is 12.0. The van der Waals surface area contributed by atoms with Gasteiger partial charge in [0.2, 0.25) is 0 Å². The third kappa shape index (κ3) is 3.11. The fourth-order valence-corrected chi connectivity index (χ4v) is 3.40. The second-order valence-corrected chi connectivity index (χ2v) is 6.04. The molecule has 0 bridgehead atoms. The van der Waals surface area contributed by atoms with Crippen LogP contribution in [-0.4, -0.2) is 17.7 Å². The van der Waals surface area contributed by atoms with E-state index in [4.69, 9.17) is 10.00 Å². The van der Waals surface area contributed by atoms with Crippen LogP contribution in [0, 0.1) is 11.3 Å². The van der Waals surface area contributed by atoms with Crippen molar-refractivity contribution in [2.75, 3.05) is 6.61 Å². The van der Waals surface area contributed by atoms with Gasteiger partial charge in [-0.3, -0.25) is 4.79 Å². The molecular weight excluding hydrogens is 302 g/mol. The Morgan fingerprint density at radius 2 is 2.08 bits per heavy atom. The molecule has 4 nitrogen and oxygen atoms in total. The lowest BCUT2D eigenvalue weighted by atomic mass is 9.88. The number of phenols is 1. The third-order valence-corrected chi connectivity index (χ3v) is 4.50. The van der Waals surface area contributed by atoms with Crippen molar-refractivity contribution in [3.05, 3.63) is 64.2 Å². The largest absolute Gasteiger partial charge is 0.507 e. The van der Waals surface area contributed by atoms with E-state index in [2.05, 4.69) is 12.1 Å². The molecule has 122 valence electrons. The Hall–Kier alpha value is -2.80. The topological polar surface area (TPSA) is 70.3 Å². The number of rotatable bonds is 3. The monoisotopic (exact) mass is 321 g/mol. The van der Waals surface area contributed by atoms with E-state index in [0.717, 1.165) is 22.3 Å². The van der Waals surface area contributed by atoms with Gasteiger partial charge in [0.05, 0.1) is 18.6 Å². The zero-order chi connectivity index (χ0) is 17.1. The van der Waals surface area contributed by atoms with Crippen molar-refractivity contribution in [1.82, 2.24) is 0 Å². The maximum atomic E-state index is 12.0. The molecule has 0 aliphatic heterocycles. The van der Waals surface area contributed by atoms with Crippen molar-refractivity contribution in [3.63, 3.8) is 0 Å². The van der Waals surface area contributed by atoms with Crippen LogP contribution in [0.3, 0.4) is 0 Å². The Morgan fingerprint density at radius 1 is 1.29 bits per heavy atom. The first-order valence-corrected chi connectivity index (χ1v) is 8.10. The van der Waals surface area contributed by atoms with Crippen LogP contribution in [0.1, 0.15) is 47.1 Å². The maximum Gasteiger partial charge on any atom is 0.306 e. The molecule has 0 saturated heterocycles. The van der Waals surface area contributed by atoms with Gasteiger partial charge < -0.3 is 9.84 Å². The van der Waals surface area contributed by atoms with E-state index in [1.54, 1.807) is 19.1 Å². The highest BCUT2D eigenvalue weighted by molar-refractivity contribution is 5.71. The van der Waals surface area contributed by atoms with Crippen LogP contribution < -0.4 is 0 Å². The van der Waals surface area contributed by atoms with Gasteiger partial charge in [0.15, 0.2) is 0 Å². The summed E-state index contributed by atoms with van der Waals surface area (Å²) in [4.78, 5) is 12.0. The van der Waals surface area contributed by atoms with Crippen molar-refractivity contribution in [3.8, 4) is 11.8 Å². The molecule has 0 saturated carbocycles. The molecule has 0 spiro atoms. The van der Waals surface area contributed by atoms with Gasteiger partial charge in [-0.15, -0.1) is 0 Å². The molecule has 1 aliphatic carbocycles. The first kappa shape index (κ1) is 16.1. The number of aromatic hydroxyl groups is 1. The average molecular weight is 321 g/mol. The Bertz CT molecular complexity index is 820. The lowest BCUT2D eigenvalue weighted by Crippen LogP contribution is -2.13. The van der Waals surface area contributed by atoms with Crippen LogP contribution in [0.5, 0.6) is 5.75 Å². The zero-order valence-corrected chi connectivity index (χ0v) is 13.6. The molecule has 24 heavy (non-hydrogen) atoms. The number of fused-ring (bicyclic) bond motifs is 2. The number of ether oxygens (including phenoxy) is 1. The average Bonchev–Trinajstić information content (AvgIpc) is 2.71. The molecule has 2 aromatic carbocycles. The lowest BCUT2D eigenvalue weighted by molar-refractivity contribution is -0.143. The van der Waals surface area contributed by atoms with Gasteiger partial charge in [0.1, 0.15) is 11.8 Å². The number of nitrogens with zero attached hydrogens (tertiary/aromatic N) is 1. The highest BCUT2D eigenvalue weighted by Gasteiger charge is 2.25. The number of hydrogen-bond acceptors (Lipinski definition) is 4. The molecule has 2 aromatic rings. The number of carbonyl (C=O) groups excluding carboxylic acids is 1. The van der Waals surface area contributed by atoms with Gasteiger partial charge in [-0.25, -0.2) is 0 Å². The summed E-state index contributed by atoms with van der Waals surface area (Å²) in [6.45, 7) is 2.17.